The summed E-state index contributed by atoms with van der Waals surface area (Å²) in [6.07, 6.45) is 5.06. The van der Waals surface area contributed by atoms with Gasteiger partial charge in [0, 0.05) is 20.0 Å². The topological polar surface area (TPSA) is 95.5 Å². The van der Waals surface area contributed by atoms with Crippen LogP contribution in [-0.2, 0) is 24.8 Å². The molecule has 0 atom stereocenters. The standard InChI is InChI=1S/C19H27N5O3/c1-23-13-21-22-19(23)10-14-5-7-24(8-6-14)11-15-3-4-16(17(9-15)26-2)27-12-18(20)25/h3-4,9,13-14H,5-8,10-12H2,1-2H3,(H2,20,25). The van der Waals surface area contributed by atoms with Gasteiger partial charge in [0.1, 0.15) is 12.2 Å². The lowest BCUT2D eigenvalue weighted by molar-refractivity contribution is -0.119. The fraction of sp³-hybridized carbons (Fsp3) is 0.526. The van der Waals surface area contributed by atoms with E-state index in [9.17, 15) is 4.79 Å². The number of rotatable bonds is 8. The van der Waals surface area contributed by atoms with Crippen LogP contribution in [0.1, 0.15) is 24.2 Å². The molecule has 0 aliphatic carbocycles. The third kappa shape index (κ3) is 5.19. The van der Waals surface area contributed by atoms with Gasteiger partial charge >= 0.3 is 0 Å². The molecule has 1 aromatic carbocycles. The fourth-order valence-electron chi connectivity index (χ4n) is 3.44. The molecule has 2 heterocycles. The number of piperidine rings is 1. The van der Waals surface area contributed by atoms with Gasteiger partial charge in [-0.3, -0.25) is 9.69 Å². The predicted octanol–water partition coefficient (Wildman–Crippen LogP) is 1.14. The molecule has 146 valence electrons. The minimum absolute atomic E-state index is 0.158. The van der Waals surface area contributed by atoms with E-state index in [4.69, 9.17) is 15.2 Å². The number of methoxy groups -OCH3 is 1. The number of ether oxygens (including phenoxy) is 2. The summed E-state index contributed by atoms with van der Waals surface area (Å²) in [6.45, 7) is 2.83. The monoisotopic (exact) mass is 373 g/mol. The van der Waals surface area contributed by atoms with Crippen molar-refractivity contribution in [1.29, 1.82) is 0 Å². The molecule has 8 heteroatoms. The van der Waals surface area contributed by atoms with Gasteiger partial charge in [-0.1, -0.05) is 6.07 Å². The summed E-state index contributed by atoms with van der Waals surface area (Å²) < 4.78 is 12.8. The van der Waals surface area contributed by atoms with E-state index in [1.165, 1.54) is 0 Å². The number of amides is 1. The zero-order valence-electron chi connectivity index (χ0n) is 15.9. The van der Waals surface area contributed by atoms with Crippen molar-refractivity contribution in [2.24, 2.45) is 18.7 Å². The normalized spacial score (nSPS) is 15.6. The van der Waals surface area contributed by atoms with Crippen LogP contribution in [0.25, 0.3) is 0 Å². The first-order valence-electron chi connectivity index (χ1n) is 9.18. The Morgan fingerprint density at radius 2 is 2.07 bits per heavy atom. The highest BCUT2D eigenvalue weighted by Gasteiger charge is 2.21. The number of aromatic nitrogens is 3. The molecule has 1 aromatic heterocycles. The lowest BCUT2D eigenvalue weighted by Crippen LogP contribution is -2.34. The summed E-state index contributed by atoms with van der Waals surface area (Å²) in [5, 5.41) is 8.15. The largest absolute Gasteiger partial charge is 0.493 e. The van der Waals surface area contributed by atoms with Crippen molar-refractivity contribution in [2.75, 3.05) is 26.8 Å². The molecule has 0 spiro atoms. The van der Waals surface area contributed by atoms with Gasteiger partial charge < -0.3 is 19.8 Å². The van der Waals surface area contributed by atoms with Gasteiger partial charge in [-0.25, -0.2) is 0 Å². The molecule has 27 heavy (non-hydrogen) atoms. The van der Waals surface area contributed by atoms with E-state index >= 15 is 0 Å². The molecule has 1 aliphatic heterocycles. The van der Waals surface area contributed by atoms with Crippen LogP contribution >= 0.6 is 0 Å². The van der Waals surface area contributed by atoms with Gasteiger partial charge in [-0.2, -0.15) is 0 Å². The van der Waals surface area contributed by atoms with Crippen LogP contribution in [0.3, 0.4) is 0 Å². The number of benzene rings is 1. The Balaban J connectivity index is 1.52. The highest BCUT2D eigenvalue weighted by molar-refractivity contribution is 5.75. The zero-order chi connectivity index (χ0) is 19.2. The number of nitrogens with two attached hydrogens (primary N) is 1. The van der Waals surface area contributed by atoms with Crippen LogP contribution in [0.15, 0.2) is 24.5 Å². The second-order valence-electron chi connectivity index (χ2n) is 7.02. The summed E-state index contributed by atoms with van der Waals surface area (Å²) in [5.74, 6) is 2.35. The number of aryl methyl sites for hydroxylation is 1. The van der Waals surface area contributed by atoms with Crippen LogP contribution in [-0.4, -0.2) is 52.4 Å². The van der Waals surface area contributed by atoms with Crippen LogP contribution in [0, 0.1) is 5.92 Å². The molecule has 0 saturated carbocycles. The number of carbonyl (C=O) groups excluding carboxylic acids is 1. The number of primary amides is 1. The molecule has 0 unspecified atom stereocenters. The first-order chi connectivity index (χ1) is 13.0. The van der Waals surface area contributed by atoms with E-state index in [0.717, 1.165) is 50.3 Å². The lowest BCUT2D eigenvalue weighted by atomic mass is 9.93. The molecule has 2 N–H and O–H groups in total. The highest BCUT2D eigenvalue weighted by Crippen LogP contribution is 2.29. The Kier molecular flexibility index (Phi) is 6.28. The van der Waals surface area contributed by atoms with E-state index in [2.05, 4.69) is 15.1 Å². The van der Waals surface area contributed by atoms with Gasteiger partial charge in [0.2, 0.25) is 0 Å². The van der Waals surface area contributed by atoms with Crippen molar-refractivity contribution in [2.45, 2.75) is 25.8 Å². The maximum Gasteiger partial charge on any atom is 0.255 e. The fourth-order valence-corrected chi connectivity index (χ4v) is 3.44. The Hall–Kier alpha value is -2.61. The zero-order valence-corrected chi connectivity index (χ0v) is 15.9. The van der Waals surface area contributed by atoms with Crippen molar-refractivity contribution in [3.63, 3.8) is 0 Å². The van der Waals surface area contributed by atoms with E-state index in [0.29, 0.717) is 17.4 Å². The molecule has 3 rings (SSSR count). The number of hydrogen-bond acceptors (Lipinski definition) is 6. The summed E-state index contributed by atoms with van der Waals surface area (Å²) in [7, 11) is 3.59. The smallest absolute Gasteiger partial charge is 0.255 e. The minimum Gasteiger partial charge on any atom is -0.493 e. The van der Waals surface area contributed by atoms with E-state index in [1.54, 1.807) is 13.4 Å². The van der Waals surface area contributed by atoms with Crippen LogP contribution in [0.4, 0.5) is 0 Å². The Labute approximate surface area is 159 Å². The first-order valence-corrected chi connectivity index (χ1v) is 9.18. The van der Waals surface area contributed by atoms with Crippen LogP contribution < -0.4 is 15.2 Å². The number of likely N-dealkylation sites (tertiary alicyclic amines) is 1. The van der Waals surface area contributed by atoms with Crippen LogP contribution in [0.5, 0.6) is 11.5 Å². The Bertz CT molecular complexity index is 768. The SMILES string of the molecule is COc1cc(CN2CCC(Cc3nncn3C)CC2)ccc1OCC(N)=O. The van der Waals surface area contributed by atoms with Gasteiger partial charge in [-0.15, -0.1) is 10.2 Å². The second kappa shape index (κ2) is 8.85. The molecule has 8 nitrogen and oxygen atoms in total. The Morgan fingerprint density at radius 1 is 1.30 bits per heavy atom. The molecule has 1 aliphatic rings. The van der Waals surface area contributed by atoms with E-state index in [1.807, 2.05) is 29.8 Å². The summed E-state index contributed by atoms with van der Waals surface area (Å²) in [5.41, 5.74) is 6.28. The molecule has 1 amide bonds. The average Bonchev–Trinajstić information content (AvgIpc) is 3.06. The molecule has 0 bridgehead atoms. The predicted molar refractivity (Wildman–Crippen MR) is 100 cm³/mol. The summed E-state index contributed by atoms with van der Waals surface area (Å²) >= 11 is 0. The average molecular weight is 373 g/mol. The number of carbonyl (C=O) groups is 1. The third-order valence-electron chi connectivity index (χ3n) is 4.99. The molecular formula is C19H27N5O3. The molecule has 0 radical (unpaired) electrons. The van der Waals surface area contributed by atoms with Crippen molar-refractivity contribution in [3.8, 4) is 11.5 Å². The van der Waals surface area contributed by atoms with Crippen molar-refractivity contribution in [3.05, 3.63) is 35.9 Å². The van der Waals surface area contributed by atoms with Gasteiger partial charge in [-0.05, 0) is 49.5 Å². The Morgan fingerprint density at radius 3 is 2.70 bits per heavy atom. The third-order valence-corrected chi connectivity index (χ3v) is 4.99. The summed E-state index contributed by atoms with van der Waals surface area (Å²) in [4.78, 5) is 13.3. The quantitative estimate of drug-likeness (QED) is 0.746. The summed E-state index contributed by atoms with van der Waals surface area (Å²) in [6, 6.07) is 5.80. The number of hydrogen-bond donors (Lipinski definition) is 1. The lowest BCUT2D eigenvalue weighted by Gasteiger charge is -2.31. The van der Waals surface area contributed by atoms with Gasteiger partial charge in [0.15, 0.2) is 18.1 Å². The highest BCUT2D eigenvalue weighted by atomic mass is 16.5. The van der Waals surface area contributed by atoms with Crippen LogP contribution in [0.2, 0.25) is 0 Å². The van der Waals surface area contributed by atoms with Crippen molar-refractivity contribution in [1.82, 2.24) is 19.7 Å². The molecule has 1 fully saturated rings. The second-order valence-corrected chi connectivity index (χ2v) is 7.02. The minimum atomic E-state index is -0.509. The van der Waals surface area contributed by atoms with Crippen molar-refractivity contribution < 1.29 is 14.3 Å². The van der Waals surface area contributed by atoms with E-state index in [-0.39, 0.29) is 6.61 Å². The molecule has 1 saturated heterocycles. The van der Waals surface area contributed by atoms with Gasteiger partial charge in [0.25, 0.3) is 5.91 Å². The van der Waals surface area contributed by atoms with Gasteiger partial charge in [0.05, 0.1) is 7.11 Å². The maximum atomic E-state index is 10.9. The molecular weight excluding hydrogens is 346 g/mol. The molecule has 2 aromatic rings. The number of nitrogens with zero attached hydrogens (tertiary/aromatic N) is 4. The van der Waals surface area contributed by atoms with Crippen molar-refractivity contribution >= 4 is 5.91 Å². The maximum absolute atomic E-state index is 10.9. The van der Waals surface area contributed by atoms with E-state index < -0.39 is 5.91 Å². The first kappa shape index (κ1) is 19.2.